The summed E-state index contributed by atoms with van der Waals surface area (Å²) in [5, 5.41) is 11.8. The fraction of sp³-hybridized carbons (Fsp3) is 0.440. The lowest BCUT2D eigenvalue weighted by molar-refractivity contribution is -0.127. The molecule has 34 heavy (non-hydrogen) atoms. The number of anilines is 2. The fourth-order valence-corrected chi connectivity index (χ4v) is 4.66. The molecule has 1 aliphatic heterocycles. The van der Waals surface area contributed by atoms with Gasteiger partial charge in [-0.25, -0.2) is 0 Å². The summed E-state index contributed by atoms with van der Waals surface area (Å²) in [7, 11) is 0. The Morgan fingerprint density at radius 2 is 2.03 bits per heavy atom. The SMILES string of the molecule is CC[C@H](C)[C@H](NC(=O)CCc1nc(-c2cccs2)no1)C(=O)Nc1cccc(N2CCCC2)c1. The van der Waals surface area contributed by atoms with Crippen LogP contribution in [0, 0.1) is 5.92 Å². The van der Waals surface area contributed by atoms with Crippen LogP contribution < -0.4 is 15.5 Å². The smallest absolute Gasteiger partial charge is 0.247 e. The number of aromatic nitrogens is 2. The Hall–Kier alpha value is -3.20. The zero-order chi connectivity index (χ0) is 23.9. The minimum Gasteiger partial charge on any atom is -0.371 e. The van der Waals surface area contributed by atoms with Gasteiger partial charge in [-0.1, -0.05) is 37.6 Å². The third-order valence-corrected chi connectivity index (χ3v) is 7.04. The molecule has 3 heterocycles. The predicted molar refractivity (Wildman–Crippen MR) is 134 cm³/mol. The van der Waals surface area contributed by atoms with Crippen molar-refractivity contribution < 1.29 is 14.1 Å². The number of aryl methyl sites for hydroxylation is 1. The fourth-order valence-electron chi connectivity index (χ4n) is 4.01. The average molecular weight is 482 g/mol. The molecule has 9 heteroatoms. The quantitative estimate of drug-likeness (QED) is 0.442. The van der Waals surface area contributed by atoms with Crippen LogP contribution in [0.4, 0.5) is 11.4 Å². The molecular weight excluding hydrogens is 450 g/mol. The highest BCUT2D eigenvalue weighted by molar-refractivity contribution is 7.13. The number of nitrogens with one attached hydrogen (secondary N) is 2. The van der Waals surface area contributed by atoms with E-state index in [2.05, 4.69) is 31.7 Å². The van der Waals surface area contributed by atoms with Crippen molar-refractivity contribution in [3.63, 3.8) is 0 Å². The Balaban J connectivity index is 1.34. The lowest BCUT2D eigenvalue weighted by atomic mass is 9.98. The molecule has 1 aromatic carbocycles. The van der Waals surface area contributed by atoms with Crippen LogP contribution in [0.3, 0.4) is 0 Å². The average Bonchev–Trinajstić information content (AvgIpc) is 3.63. The largest absolute Gasteiger partial charge is 0.371 e. The first-order chi connectivity index (χ1) is 16.5. The molecule has 2 N–H and O–H groups in total. The van der Waals surface area contributed by atoms with Gasteiger partial charge < -0.3 is 20.1 Å². The monoisotopic (exact) mass is 481 g/mol. The van der Waals surface area contributed by atoms with Crippen molar-refractivity contribution in [3.8, 4) is 10.7 Å². The van der Waals surface area contributed by atoms with Crippen molar-refractivity contribution >= 4 is 34.5 Å². The normalized spacial score (nSPS) is 15.2. The number of hydrogen-bond acceptors (Lipinski definition) is 7. The maximum atomic E-state index is 13.1. The number of benzene rings is 1. The summed E-state index contributed by atoms with van der Waals surface area (Å²) in [6, 6.07) is 11.1. The zero-order valence-electron chi connectivity index (χ0n) is 19.6. The topological polar surface area (TPSA) is 100 Å². The molecular formula is C25H31N5O3S. The third kappa shape index (κ3) is 6.02. The van der Waals surface area contributed by atoms with Crippen molar-refractivity contribution in [2.75, 3.05) is 23.3 Å². The summed E-state index contributed by atoms with van der Waals surface area (Å²) in [5.41, 5.74) is 1.85. The van der Waals surface area contributed by atoms with Crippen LogP contribution in [-0.4, -0.2) is 41.1 Å². The van der Waals surface area contributed by atoms with E-state index in [4.69, 9.17) is 4.52 Å². The Labute approximate surface area is 203 Å². The molecule has 0 aliphatic carbocycles. The van der Waals surface area contributed by atoms with Crippen molar-refractivity contribution in [2.45, 2.75) is 52.0 Å². The zero-order valence-corrected chi connectivity index (χ0v) is 20.4. The second-order valence-corrected chi connectivity index (χ2v) is 9.60. The van der Waals surface area contributed by atoms with Gasteiger partial charge in [0.15, 0.2) is 0 Å². The third-order valence-electron chi connectivity index (χ3n) is 6.17. The molecule has 0 bridgehead atoms. The number of nitrogens with zero attached hydrogens (tertiary/aromatic N) is 3. The van der Waals surface area contributed by atoms with Gasteiger partial charge in [-0.05, 0) is 48.4 Å². The van der Waals surface area contributed by atoms with Crippen LogP contribution in [0.25, 0.3) is 10.7 Å². The number of carbonyl (C=O) groups excluding carboxylic acids is 2. The van der Waals surface area contributed by atoms with Crippen LogP contribution in [-0.2, 0) is 16.0 Å². The number of carbonyl (C=O) groups is 2. The van der Waals surface area contributed by atoms with Gasteiger partial charge in [-0.15, -0.1) is 11.3 Å². The molecule has 8 nitrogen and oxygen atoms in total. The number of amides is 2. The highest BCUT2D eigenvalue weighted by Gasteiger charge is 2.26. The van der Waals surface area contributed by atoms with E-state index < -0.39 is 6.04 Å². The standard InChI is InChI=1S/C25H31N5O3S/c1-3-17(2)23(25(32)26-18-8-6-9-19(16-18)30-13-4-5-14-30)27-21(31)11-12-22-28-24(29-33-22)20-10-7-15-34-20/h6-10,15-17,23H,3-5,11-14H2,1-2H3,(H,26,32)(H,27,31)/t17-,23-/m0/s1. The molecule has 2 amide bonds. The molecule has 0 saturated carbocycles. The molecule has 1 saturated heterocycles. The summed E-state index contributed by atoms with van der Waals surface area (Å²) >= 11 is 1.53. The van der Waals surface area contributed by atoms with E-state index in [-0.39, 0.29) is 24.2 Å². The highest BCUT2D eigenvalue weighted by atomic mass is 32.1. The Morgan fingerprint density at radius 1 is 1.21 bits per heavy atom. The molecule has 0 unspecified atom stereocenters. The maximum absolute atomic E-state index is 13.1. The molecule has 1 aliphatic rings. The molecule has 2 aromatic heterocycles. The van der Waals surface area contributed by atoms with Gasteiger partial charge in [0, 0.05) is 37.3 Å². The van der Waals surface area contributed by atoms with Gasteiger partial charge in [-0.2, -0.15) is 4.98 Å². The summed E-state index contributed by atoms with van der Waals surface area (Å²) in [4.78, 5) is 33.4. The van der Waals surface area contributed by atoms with E-state index in [0.29, 0.717) is 18.1 Å². The first-order valence-corrected chi connectivity index (χ1v) is 12.7. The summed E-state index contributed by atoms with van der Waals surface area (Å²) < 4.78 is 5.27. The van der Waals surface area contributed by atoms with Crippen LogP contribution in [0.2, 0.25) is 0 Å². The van der Waals surface area contributed by atoms with E-state index in [1.54, 1.807) is 0 Å². The van der Waals surface area contributed by atoms with Gasteiger partial charge in [0.2, 0.25) is 23.5 Å². The van der Waals surface area contributed by atoms with E-state index in [1.807, 2.05) is 49.6 Å². The van der Waals surface area contributed by atoms with Gasteiger partial charge >= 0.3 is 0 Å². The van der Waals surface area contributed by atoms with Gasteiger partial charge in [0.05, 0.1) is 4.88 Å². The summed E-state index contributed by atoms with van der Waals surface area (Å²) in [5.74, 6) is 0.487. The Bertz CT molecular complexity index is 1090. The van der Waals surface area contributed by atoms with Crippen LogP contribution in [0.5, 0.6) is 0 Å². The Morgan fingerprint density at radius 3 is 2.76 bits per heavy atom. The summed E-state index contributed by atoms with van der Waals surface area (Å²) in [6.45, 7) is 6.06. The first-order valence-electron chi connectivity index (χ1n) is 11.8. The Kier molecular flexibility index (Phi) is 7.95. The van der Waals surface area contributed by atoms with Gasteiger partial charge in [0.1, 0.15) is 6.04 Å². The molecule has 180 valence electrons. The van der Waals surface area contributed by atoms with Gasteiger partial charge in [0.25, 0.3) is 0 Å². The minimum atomic E-state index is -0.627. The lowest BCUT2D eigenvalue weighted by Gasteiger charge is -2.24. The molecule has 0 spiro atoms. The van der Waals surface area contributed by atoms with Crippen molar-refractivity contribution in [1.29, 1.82) is 0 Å². The predicted octanol–water partition coefficient (Wildman–Crippen LogP) is 4.50. The molecule has 4 rings (SSSR count). The lowest BCUT2D eigenvalue weighted by Crippen LogP contribution is -2.47. The molecule has 0 radical (unpaired) electrons. The molecule has 1 fully saturated rings. The van der Waals surface area contributed by atoms with Crippen LogP contribution in [0.1, 0.15) is 45.4 Å². The van der Waals surface area contributed by atoms with Crippen LogP contribution in [0.15, 0.2) is 46.3 Å². The van der Waals surface area contributed by atoms with Crippen molar-refractivity contribution in [3.05, 3.63) is 47.7 Å². The minimum absolute atomic E-state index is 0.0143. The number of rotatable bonds is 10. The van der Waals surface area contributed by atoms with Crippen molar-refractivity contribution in [2.24, 2.45) is 5.92 Å². The molecule has 3 aromatic rings. The number of hydrogen-bond donors (Lipinski definition) is 2. The van der Waals surface area contributed by atoms with Crippen molar-refractivity contribution in [1.82, 2.24) is 15.5 Å². The maximum Gasteiger partial charge on any atom is 0.247 e. The van der Waals surface area contributed by atoms with E-state index in [0.717, 1.165) is 35.8 Å². The van der Waals surface area contributed by atoms with Crippen LogP contribution >= 0.6 is 11.3 Å². The van der Waals surface area contributed by atoms with E-state index in [9.17, 15) is 9.59 Å². The first kappa shape index (κ1) is 23.9. The number of thiophene rings is 1. The second kappa shape index (κ2) is 11.3. The van der Waals surface area contributed by atoms with Gasteiger partial charge in [-0.3, -0.25) is 9.59 Å². The van der Waals surface area contributed by atoms with E-state index in [1.165, 1.54) is 24.2 Å². The highest BCUT2D eigenvalue weighted by Crippen LogP contribution is 2.24. The second-order valence-electron chi connectivity index (χ2n) is 8.65. The molecule has 2 atom stereocenters. The summed E-state index contributed by atoms with van der Waals surface area (Å²) in [6.07, 6.45) is 3.63. The van der Waals surface area contributed by atoms with E-state index >= 15 is 0 Å².